The summed E-state index contributed by atoms with van der Waals surface area (Å²) in [6, 6.07) is 0. The molecule has 4 fully saturated rings. The number of hydrogen-bond donors (Lipinski definition) is 3. The van der Waals surface area contributed by atoms with Crippen molar-refractivity contribution in [1.29, 1.82) is 0 Å². The number of aliphatic imine (C=N–C) groups is 1. The summed E-state index contributed by atoms with van der Waals surface area (Å²) in [5.41, 5.74) is 11.6. The molecule has 6 heteroatoms. The fourth-order valence-corrected chi connectivity index (χ4v) is 8.34. The molecule has 31 heavy (non-hydrogen) atoms. The fourth-order valence-electron chi connectivity index (χ4n) is 8.34. The normalized spacial score (nSPS) is 44.4. The van der Waals surface area contributed by atoms with Gasteiger partial charge in [-0.15, -0.1) is 0 Å². The second-order valence-electron chi connectivity index (χ2n) is 11.4. The van der Waals surface area contributed by atoms with Crippen LogP contribution in [0.2, 0.25) is 0 Å². The van der Waals surface area contributed by atoms with Crippen LogP contribution in [0.1, 0.15) is 84.5 Å². The van der Waals surface area contributed by atoms with E-state index in [4.69, 9.17) is 16.3 Å². The molecular formula is C25H44N4O2. The first-order valence-electron chi connectivity index (χ1n) is 12.7. The van der Waals surface area contributed by atoms with Crippen molar-refractivity contribution < 1.29 is 9.94 Å². The number of nitrogens with zero attached hydrogens (tertiary/aromatic N) is 2. The smallest absolute Gasteiger partial charge is 0.185 e. The Morgan fingerprint density at radius 3 is 2.61 bits per heavy atom. The van der Waals surface area contributed by atoms with Crippen molar-refractivity contribution in [2.24, 2.45) is 62.0 Å². The number of aliphatic hydroxyl groups excluding tert-OH is 1. The molecule has 0 spiro atoms. The fraction of sp³-hybridized carbons (Fsp3) is 0.920. The molecule has 0 radical (unpaired) electrons. The molecule has 5 N–H and O–H groups in total. The van der Waals surface area contributed by atoms with Crippen LogP contribution < -0.4 is 11.5 Å². The number of hydrogen-bond acceptors (Lipinski definition) is 4. The Balaban J connectivity index is 1.31. The van der Waals surface area contributed by atoms with Crippen molar-refractivity contribution in [3.63, 3.8) is 0 Å². The highest BCUT2D eigenvalue weighted by atomic mass is 16.6. The molecule has 0 aromatic rings. The Bertz CT molecular complexity index is 678. The molecular weight excluding hydrogens is 388 g/mol. The average molecular weight is 433 g/mol. The molecule has 4 saturated carbocycles. The summed E-state index contributed by atoms with van der Waals surface area (Å²) >= 11 is 0. The van der Waals surface area contributed by atoms with Crippen LogP contribution in [-0.4, -0.2) is 36.5 Å². The van der Waals surface area contributed by atoms with Gasteiger partial charge in [0.15, 0.2) is 5.96 Å². The highest BCUT2D eigenvalue weighted by Crippen LogP contribution is 2.67. The first kappa shape index (κ1) is 22.9. The molecule has 8 atom stereocenters. The predicted molar refractivity (Wildman–Crippen MR) is 126 cm³/mol. The number of aliphatic hydroxyl groups is 1. The number of guanidine groups is 1. The zero-order valence-electron chi connectivity index (χ0n) is 19.6. The standard InChI is InChI=1S/C25H44N4O2/c1-24-12-9-22-20(6-4-18-16-19(30)8-11-25(18,22)2)21(24)7-5-17(24)10-14-29-31-15-3-13-28-23(26)27/h14,17-22,30H,3-13,15-16H2,1-2H3,(H4,26,27,28)/b29-14+/t17-,18-,19+,20+,21+,22+,24-,25+/m1/s1. The van der Waals surface area contributed by atoms with Crippen LogP contribution in [0.15, 0.2) is 10.1 Å². The second-order valence-corrected chi connectivity index (χ2v) is 11.4. The van der Waals surface area contributed by atoms with Crippen molar-refractivity contribution >= 4 is 12.2 Å². The lowest BCUT2D eigenvalue weighted by atomic mass is 9.44. The minimum Gasteiger partial charge on any atom is -0.396 e. The molecule has 0 aromatic carbocycles. The number of fused-ring (bicyclic) bond motifs is 5. The Morgan fingerprint density at radius 1 is 1.03 bits per heavy atom. The van der Waals surface area contributed by atoms with E-state index in [-0.39, 0.29) is 12.1 Å². The SMILES string of the molecule is C[C@]12CC[C@H](O)C[C@H]1CC[C@@H]1[C@@H]2CC[C@]2(C)[C@@H](C/C=N/OCCCN=C(N)N)CC[C@@H]12. The van der Waals surface area contributed by atoms with Crippen LogP contribution in [0.5, 0.6) is 0 Å². The largest absolute Gasteiger partial charge is 0.396 e. The molecule has 6 nitrogen and oxygen atoms in total. The molecule has 0 aliphatic heterocycles. The predicted octanol–water partition coefficient (Wildman–Crippen LogP) is 4.06. The van der Waals surface area contributed by atoms with Gasteiger partial charge < -0.3 is 21.4 Å². The molecule has 176 valence electrons. The number of rotatable bonds is 7. The third-order valence-electron chi connectivity index (χ3n) is 10.1. The van der Waals surface area contributed by atoms with E-state index in [9.17, 15) is 5.11 Å². The van der Waals surface area contributed by atoms with E-state index in [0.29, 0.717) is 24.0 Å². The van der Waals surface area contributed by atoms with Crippen LogP contribution in [0.4, 0.5) is 0 Å². The molecule has 0 saturated heterocycles. The van der Waals surface area contributed by atoms with E-state index in [0.717, 1.165) is 55.3 Å². The van der Waals surface area contributed by atoms with Gasteiger partial charge in [-0.3, -0.25) is 4.99 Å². The van der Waals surface area contributed by atoms with Crippen molar-refractivity contribution in [2.45, 2.75) is 90.6 Å². The highest BCUT2D eigenvalue weighted by Gasteiger charge is 2.59. The molecule has 0 amide bonds. The first-order valence-corrected chi connectivity index (χ1v) is 12.7. The van der Waals surface area contributed by atoms with Gasteiger partial charge in [0.2, 0.25) is 0 Å². The van der Waals surface area contributed by atoms with E-state index >= 15 is 0 Å². The van der Waals surface area contributed by atoms with Gasteiger partial charge in [-0.05, 0) is 105 Å². The maximum atomic E-state index is 10.2. The average Bonchev–Trinajstić information content (AvgIpc) is 3.06. The van der Waals surface area contributed by atoms with E-state index < -0.39 is 0 Å². The van der Waals surface area contributed by atoms with Crippen molar-refractivity contribution in [2.75, 3.05) is 13.2 Å². The van der Waals surface area contributed by atoms with Gasteiger partial charge in [-0.1, -0.05) is 19.0 Å². The zero-order valence-corrected chi connectivity index (χ0v) is 19.6. The van der Waals surface area contributed by atoms with Crippen LogP contribution in [0.3, 0.4) is 0 Å². The van der Waals surface area contributed by atoms with Crippen LogP contribution in [0.25, 0.3) is 0 Å². The summed E-state index contributed by atoms with van der Waals surface area (Å²) in [7, 11) is 0. The molecule has 0 unspecified atom stereocenters. The maximum Gasteiger partial charge on any atom is 0.185 e. The summed E-state index contributed by atoms with van der Waals surface area (Å²) in [6.07, 6.45) is 15.3. The number of nitrogens with two attached hydrogens (primary N) is 2. The quantitative estimate of drug-likeness (QED) is 0.244. The summed E-state index contributed by atoms with van der Waals surface area (Å²) in [5, 5.41) is 14.4. The van der Waals surface area contributed by atoms with Crippen LogP contribution in [0, 0.1) is 40.4 Å². The molecule has 0 aromatic heterocycles. The van der Waals surface area contributed by atoms with Crippen molar-refractivity contribution in [3.8, 4) is 0 Å². The Hall–Kier alpha value is -1.30. The summed E-state index contributed by atoms with van der Waals surface area (Å²) in [5.74, 6) is 4.24. The third-order valence-corrected chi connectivity index (χ3v) is 10.1. The lowest BCUT2D eigenvalue weighted by Crippen LogP contribution is -2.53. The Morgan fingerprint density at radius 2 is 1.81 bits per heavy atom. The van der Waals surface area contributed by atoms with E-state index in [1.165, 1.54) is 44.9 Å². The van der Waals surface area contributed by atoms with Gasteiger partial charge in [0, 0.05) is 19.2 Å². The zero-order chi connectivity index (χ0) is 22.1. The number of oxime groups is 1. The van der Waals surface area contributed by atoms with E-state index in [1.54, 1.807) is 0 Å². The van der Waals surface area contributed by atoms with Gasteiger partial charge in [0.05, 0.1) is 6.10 Å². The molecule has 4 aliphatic carbocycles. The van der Waals surface area contributed by atoms with E-state index in [2.05, 4.69) is 24.0 Å². The lowest BCUT2D eigenvalue weighted by Gasteiger charge is -2.61. The molecule has 4 rings (SSSR count). The van der Waals surface area contributed by atoms with Crippen LogP contribution in [-0.2, 0) is 4.84 Å². The minimum atomic E-state index is -0.0487. The maximum absolute atomic E-state index is 10.2. The van der Waals surface area contributed by atoms with Crippen molar-refractivity contribution in [3.05, 3.63) is 0 Å². The topological polar surface area (TPSA) is 106 Å². The molecule has 0 heterocycles. The van der Waals surface area contributed by atoms with E-state index in [1.807, 2.05) is 6.21 Å². The third kappa shape index (κ3) is 4.46. The highest BCUT2D eigenvalue weighted by molar-refractivity contribution is 5.75. The van der Waals surface area contributed by atoms with Gasteiger partial charge >= 0.3 is 0 Å². The summed E-state index contributed by atoms with van der Waals surface area (Å²) < 4.78 is 0. The summed E-state index contributed by atoms with van der Waals surface area (Å²) in [4.78, 5) is 9.36. The van der Waals surface area contributed by atoms with Crippen LogP contribution >= 0.6 is 0 Å². The Labute approximate surface area is 188 Å². The second kappa shape index (κ2) is 9.29. The van der Waals surface area contributed by atoms with Crippen molar-refractivity contribution in [1.82, 2.24) is 0 Å². The minimum absolute atomic E-state index is 0.0487. The van der Waals surface area contributed by atoms with Gasteiger partial charge in [0.1, 0.15) is 6.61 Å². The van der Waals surface area contributed by atoms with Gasteiger partial charge in [-0.2, -0.15) is 0 Å². The summed E-state index contributed by atoms with van der Waals surface area (Å²) in [6.45, 7) is 6.29. The van der Waals surface area contributed by atoms with Gasteiger partial charge in [0.25, 0.3) is 0 Å². The molecule has 4 aliphatic rings. The molecule has 0 bridgehead atoms. The first-order chi connectivity index (χ1) is 14.8. The Kier molecular flexibility index (Phi) is 6.85. The lowest BCUT2D eigenvalue weighted by molar-refractivity contribution is -0.126. The van der Waals surface area contributed by atoms with Gasteiger partial charge in [-0.25, -0.2) is 0 Å². The monoisotopic (exact) mass is 432 g/mol.